The number of fused-ring (bicyclic) bond motifs is 1. The monoisotopic (exact) mass is 447 g/mol. The van der Waals surface area contributed by atoms with Crippen LogP contribution in [0.25, 0.3) is 10.9 Å². The minimum absolute atomic E-state index is 0.0691. The van der Waals surface area contributed by atoms with Gasteiger partial charge in [-0.2, -0.15) is 0 Å². The van der Waals surface area contributed by atoms with E-state index in [1.807, 2.05) is 6.92 Å². The maximum atomic E-state index is 12.5. The number of hydrogen-bond donors (Lipinski definition) is 2. The lowest BCUT2D eigenvalue weighted by Gasteiger charge is -2.22. The highest BCUT2D eigenvalue weighted by molar-refractivity contribution is 6.35. The number of aromatic nitrogens is 1. The molecule has 3 aromatic rings. The second kappa shape index (κ2) is 9.28. The van der Waals surface area contributed by atoms with Crippen LogP contribution in [-0.4, -0.2) is 20.9 Å². The summed E-state index contributed by atoms with van der Waals surface area (Å²) in [4.78, 5) is 27.8. The number of carbonyl (C=O) groups is 1. The van der Waals surface area contributed by atoms with Crippen molar-refractivity contribution in [1.82, 2.24) is 10.3 Å². The molecule has 0 aliphatic heterocycles. The van der Waals surface area contributed by atoms with Crippen LogP contribution in [0, 0.1) is 10.1 Å². The van der Waals surface area contributed by atoms with Crippen molar-refractivity contribution < 1.29 is 14.8 Å². The molecule has 1 amide bonds. The normalized spacial score (nSPS) is 12.0. The average molecular weight is 448 g/mol. The summed E-state index contributed by atoms with van der Waals surface area (Å²) in [5, 5.41) is 26.3. The fourth-order valence-corrected chi connectivity index (χ4v) is 3.75. The van der Waals surface area contributed by atoms with Gasteiger partial charge in [0.1, 0.15) is 11.3 Å². The van der Waals surface area contributed by atoms with Crippen molar-refractivity contribution >= 4 is 45.7 Å². The lowest BCUT2D eigenvalue weighted by Crippen LogP contribution is -2.29. The van der Waals surface area contributed by atoms with Crippen LogP contribution in [0.1, 0.15) is 43.4 Å². The first-order valence-corrected chi connectivity index (χ1v) is 10.1. The molecule has 156 valence electrons. The largest absolute Gasteiger partial charge is 0.505 e. The van der Waals surface area contributed by atoms with Crippen LogP contribution in [0.15, 0.2) is 42.6 Å². The number of amides is 1. The number of nitro groups is 1. The maximum Gasteiger partial charge on any atom is 0.279 e. The van der Waals surface area contributed by atoms with E-state index in [1.54, 1.807) is 18.2 Å². The molecule has 2 aromatic carbocycles. The van der Waals surface area contributed by atoms with Gasteiger partial charge in [-0.3, -0.25) is 19.9 Å². The number of halogens is 2. The Kier molecular flexibility index (Phi) is 6.74. The first-order chi connectivity index (χ1) is 14.3. The number of phenols is 1. The number of nitro benzene ring substituents is 1. The molecule has 7 nitrogen and oxygen atoms in total. The van der Waals surface area contributed by atoms with Gasteiger partial charge >= 0.3 is 0 Å². The molecular formula is C21H19Cl2N3O4. The lowest BCUT2D eigenvalue weighted by atomic mass is 9.95. The van der Waals surface area contributed by atoms with E-state index in [0.29, 0.717) is 17.0 Å². The van der Waals surface area contributed by atoms with Crippen LogP contribution in [0.3, 0.4) is 0 Å². The van der Waals surface area contributed by atoms with Gasteiger partial charge in [0.25, 0.3) is 5.69 Å². The summed E-state index contributed by atoms with van der Waals surface area (Å²) in [7, 11) is 0. The number of rotatable bonds is 7. The number of non-ortho nitro benzene ring substituents is 1. The van der Waals surface area contributed by atoms with Crippen LogP contribution < -0.4 is 5.32 Å². The van der Waals surface area contributed by atoms with Gasteiger partial charge in [-0.05, 0) is 36.2 Å². The molecule has 1 unspecified atom stereocenters. The Morgan fingerprint density at radius 3 is 2.70 bits per heavy atom. The van der Waals surface area contributed by atoms with Crippen molar-refractivity contribution in [3.05, 3.63) is 73.9 Å². The van der Waals surface area contributed by atoms with Crippen molar-refractivity contribution in [1.29, 1.82) is 0 Å². The molecule has 2 N–H and O–H groups in total. The SMILES string of the molecule is CCCCC(=O)NC(c1ccc(Cl)cc1Cl)c1cc([N+](=O)[O-])c2cccnc2c1O. The number of unbranched alkanes of at least 4 members (excludes halogenated alkanes) is 1. The zero-order valence-electron chi connectivity index (χ0n) is 16.1. The van der Waals surface area contributed by atoms with Gasteiger partial charge in [0.15, 0.2) is 0 Å². The molecule has 1 heterocycles. The third kappa shape index (κ3) is 4.47. The van der Waals surface area contributed by atoms with Crippen LogP contribution in [0.5, 0.6) is 5.75 Å². The predicted molar refractivity (Wildman–Crippen MR) is 116 cm³/mol. The standard InChI is InChI=1S/C21H19Cl2N3O4/c1-2-3-6-18(27)25-19(13-8-7-12(22)10-16(13)23)15-11-17(26(29)30)14-5-4-9-24-20(14)21(15)28/h4-5,7-11,19,28H,2-3,6H2,1H3,(H,25,27). The molecule has 1 atom stereocenters. The molecule has 0 fully saturated rings. The van der Waals surface area contributed by atoms with Crippen LogP contribution in [0.4, 0.5) is 5.69 Å². The highest BCUT2D eigenvalue weighted by Crippen LogP contribution is 2.41. The summed E-state index contributed by atoms with van der Waals surface area (Å²) >= 11 is 12.4. The smallest absolute Gasteiger partial charge is 0.279 e. The van der Waals surface area contributed by atoms with Gasteiger partial charge in [0.05, 0.1) is 16.4 Å². The average Bonchev–Trinajstić information content (AvgIpc) is 2.71. The van der Waals surface area contributed by atoms with Crippen molar-refractivity contribution in [3.8, 4) is 5.75 Å². The van der Waals surface area contributed by atoms with Gasteiger partial charge < -0.3 is 10.4 Å². The number of pyridine rings is 1. The Bertz CT molecular complexity index is 1120. The van der Waals surface area contributed by atoms with E-state index in [-0.39, 0.29) is 45.3 Å². The number of carbonyl (C=O) groups excluding carboxylic acids is 1. The summed E-state index contributed by atoms with van der Waals surface area (Å²) in [5.41, 5.74) is 0.413. The van der Waals surface area contributed by atoms with E-state index >= 15 is 0 Å². The molecule has 3 rings (SSSR count). The summed E-state index contributed by atoms with van der Waals surface area (Å²) in [6, 6.07) is 8.10. The van der Waals surface area contributed by atoms with Crippen LogP contribution in [0.2, 0.25) is 10.0 Å². The highest BCUT2D eigenvalue weighted by atomic mass is 35.5. The zero-order valence-corrected chi connectivity index (χ0v) is 17.6. The summed E-state index contributed by atoms with van der Waals surface area (Å²) in [6.45, 7) is 1.96. The Labute approximate surface area is 182 Å². The van der Waals surface area contributed by atoms with E-state index in [9.17, 15) is 20.0 Å². The Morgan fingerprint density at radius 1 is 1.27 bits per heavy atom. The third-order valence-electron chi connectivity index (χ3n) is 4.72. The lowest BCUT2D eigenvalue weighted by molar-refractivity contribution is -0.383. The van der Waals surface area contributed by atoms with E-state index in [2.05, 4.69) is 10.3 Å². The number of benzene rings is 2. The highest BCUT2D eigenvalue weighted by Gasteiger charge is 2.28. The van der Waals surface area contributed by atoms with Crippen molar-refractivity contribution in [2.75, 3.05) is 0 Å². The van der Waals surface area contributed by atoms with E-state index < -0.39 is 11.0 Å². The second-order valence-electron chi connectivity index (χ2n) is 6.76. The number of nitrogens with one attached hydrogen (secondary N) is 1. The molecule has 0 radical (unpaired) electrons. The van der Waals surface area contributed by atoms with E-state index in [0.717, 1.165) is 6.42 Å². The Morgan fingerprint density at radius 2 is 2.03 bits per heavy atom. The van der Waals surface area contributed by atoms with E-state index in [1.165, 1.54) is 24.4 Å². The molecule has 0 spiro atoms. The zero-order chi connectivity index (χ0) is 21.8. The molecule has 0 saturated heterocycles. The topological polar surface area (TPSA) is 105 Å². The Balaban J connectivity index is 2.22. The first kappa shape index (κ1) is 21.8. The minimum Gasteiger partial charge on any atom is -0.505 e. The Hall–Kier alpha value is -2.90. The predicted octanol–water partition coefficient (Wildman–Crippen LogP) is 5.55. The van der Waals surface area contributed by atoms with Gasteiger partial charge in [0, 0.05) is 34.3 Å². The fourth-order valence-electron chi connectivity index (χ4n) is 3.23. The van der Waals surface area contributed by atoms with Gasteiger partial charge in [-0.25, -0.2) is 0 Å². The molecule has 30 heavy (non-hydrogen) atoms. The van der Waals surface area contributed by atoms with Gasteiger partial charge in [0.2, 0.25) is 5.91 Å². The number of aromatic hydroxyl groups is 1. The quantitative estimate of drug-likeness (QED) is 0.364. The molecule has 1 aromatic heterocycles. The molecular weight excluding hydrogens is 429 g/mol. The maximum absolute atomic E-state index is 12.5. The molecule has 0 aliphatic rings. The number of phenolic OH excluding ortho intramolecular Hbond substituents is 1. The second-order valence-corrected chi connectivity index (χ2v) is 7.60. The van der Waals surface area contributed by atoms with E-state index in [4.69, 9.17) is 23.2 Å². The van der Waals surface area contributed by atoms with Gasteiger partial charge in [-0.15, -0.1) is 0 Å². The van der Waals surface area contributed by atoms with Crippen molar-refractivity contribution in [2.24, 2.45) is 0 Å². The third-order valence-corrected chi connectivity index (χ3v) is 5.28. The summed E-state index contributed by atoms with van der Waals surface area (Å²) < 4.78 is 0. The first-order valence-electron chi connectivity index (χ1n) is 9.32. The fraction of sp³-hybridized carbons (Fsp3) is 0.238. The molecule has 0 aliphatic carbocycles. The number of hydrogen-bond acceptors (Lipinski definition) is 5. The molecule has 9 heteroatoms. The van der Waals surface area contributed by atoms with Gasteiger partial charge in [-0.1, -0.05) is 42.6 Å². The summed E-state index contributed by atoms with van der Waals surface area (Å²) in [6.07, 6.45) is 3.21. The van der Waals surface area contributed by atoms with Crippen LogP contribution >= 0.6 is 23.2 Å². The minimum atomic E-state index is -0.927. The summed E-state index contributed by atoms with van der Waals surface area (Å²) in [5.74, 6) is -0.529. The van der Waals surface area contributed by atoms with Crippen molar-refractivity contribution in [2.45, 2.75) is 32.2 Å². The molecule has 0 bridgehead atoms. The molecule has 0 saturated carbocycles. The number of nitrogens with zero attached hydrogens (tertiary/aromatic N) is 2. The van der Waals surface area contributed by atoms with Crippen molar-refractivity contribution in [3.63, 3.8) is 0 Å². The van der Waals surface area contributed by atoms with Crippen LogP contribution in [-0.2, 0) is 4.79 Å².